The molecule has 2 N–H and O–H groups in total. The highest BCUT2D eigenvalue weighted by Gasteiger charge is 2.21. The Morgan fingerprint density at radius 2 is 1.92 bits per heavy atom. The van der Waals surface area contributed by atoms with Crippen molar-refractivity contribution in [3.8, 4) is 0 Å². The zero-order chi connectivity index (χ0) is 17.9. The topological polar surface area (TPSA) is 52.6 Å². The number of ketones is 1. The van der Waals surface area contributed by atoms with Crippen LogP contribution in [-0.4, -0.2) is 48.1 Å². The van der Waals surface area contributed by atoms with E-state index in [1.807, 2.05) is 6.07 Å². The largest absolute Gasteiger partial charge is 0.393 e. The van der Waals surface area contributed by atoms with Gasteiger partial charge >= 0.3 is 0 Å². The Morgan fingerprint density at radius 1 is 1.20 bits per heavy atom. The van der Waals surface area contributed by atoms with E-state index in [4.69, 9.17) is 0 Å². The Hall–Kier alpha value is -1.23. The number of nitrogens with zero attached hydrogens (tertiary/aromatic N) is 1. The molecule has 2 atom stereocenters. The minimum atomic E-state index is -0.0391. The average molecular weight is 347 g/mol. The predicted octanol–water partition coefficient (Wildman–Crippen LogP) is 3.00. The summed E-state index contributed by atoms with van der Waals surface area (Å²) < 4.78 is 0. The SMILES string of the molecule is CCCCC1CNCCC1O.O=C1CCN(Cc2ccccc2)CC1. The van der Waals surface area contributed by atoms with Crippen LogP contribution in [0.2, 0.25) is 0 Å². The summed E-state index contributed by atoms with van der Waals surface area (Å²) in [5, 5.41) is 12.9. The summed E-state index contributed by atoms with van der Waals surface area (Å²) in [5.74, 6) is 0.929. The van der Waals surface area contributed by atoms with Gasteiger partial charge in [-0.3, -0.25) is 9.69 Å². The van der Waals surface area contributed by atoms with Crippen LogP contribution in [0.15, 0.2) is 30.3 Å². The first kappa shape index (κ1) is 20.1. The quantitative estimate of drug-likeness (QED) is 0.860. The maximum atomic E-state index is 11.0. The summed E-state index contributed by atoms with van der Waals surface area (Å²) in [6, 6.07) is 10.4. The maximum absolute atomic E-state index is 11.0. The Labute approximate surface area is 152 Å². The molecule has 0 spiro atoms. The van der Waals surface area contributed by atoms with Gasteiger partial charge in [0.2, 0.25) is 0 Å². The molecule has 0 radical (unpaired) electrons. The van der Waals surface area contributed by atoms with E-state index >= 15 is 0 Å². The van der Waals surface area contributed by atoms with E-state index in [9.17, 15) is 9.90 Å². The van der Waals surface area contributed by atoms with Crippen LogP contribution in [-0.2, 0) is 11.3 Å². The molecule has 1 aromatic carbocycles. The summed E-state index contributed by atoms with van der Waals surface area (Å²) in [5.41, 5.74) is 1.34. The molecule has 1 aromatic rings. The molecule has 0 aromatic heterocycles. The van der Waals surface area contributed by atoms with Gasteiger partial charge < -0.3 is 10.4 Å². The maximum Gasteiger partial charge on any atom is 0.135 e. The third kappa shape index (κ3) is 7.68. The zero-order valence-corrected chi connectivity index (χ0v) is 15.6. The van der Waals surface area contributed by atoms with Crippen molar-refractivity contribution in [2.24, 2.45) is 5.92 Å². The van der Waals surface area contributed by atoms with E-state index < -0.39 is 0 Å². The first-order valence-electron chi connectivity index (χ1n) is 9.85. The molecule has 0 amide bonds. The van der Waals surface area contributed by atoms with Crippen LogP contribution in [0.4, 0.5) is 0 Å². The highest BCUT2D eigenvalue weighted by atomic mass is 16.3. The van der Waals surface area contributed by atoms with Gasteiger partial charge in [-0.1, -0.05) is 50.1 Å². The molecular weight excluding hydrogens is 312 g/mol. The molecule has 0 aliphatic carbocycles. The smallest absolute Gasteiger partial charge is 0.135 e. The van der Waals surface area contributed by atoms with Crippen LogP contribution >= 0.6 is 0 Å². The molecule has 25 heavy (non-hydrogen) atoms. The van der Waals surface area contributed by atoms with Gasteiger partial charge in [-0.2, -0.15) is 0 Å². The van der Waals surface area contributed by atoms with Crippen LogP contribution in [0, 0.1) is 5.92 Å². The lowest BCUT2D eigenvalue weighted by Crippen LogP contribution is -2.39. The fourth-order valence-electron chi connectivity index (χ4n) is 3.47. The molecule has 4 heteroatoms. The van der Waals surface area contributed by atoms with Crippen molar-refractivity contribution in [2.45, 2.75) is 58.1 Å². The van der Waals surface area contributed by atoms with Crippen molar-refractivity contribution in [2.75, 3.05) is 26.2 Å². The summed E-state index contributed by atoms with van der Waals surface area (Å²) >= 11 is 0. The Bertz CT molecular complexity index is 482. The number of Topliss-reactive ketones (excluding diaryl/α,β-unsaturated/α-hetero) is 1. The van der Waals surface area contributed by atoms with E-state index in [-0.39, 0.29) is 6.10 Å². The van der Waals surface area contributed by atoms with Crippen LogP contribution in [0.3, 0.4) is 0 Å². The Kier molecular flexibility index (Phi) is 9.16. The number of rotatable bonds is 5. The summed E-state index contributed by atoms with van der Waals surface area (Å²) in [4.78, 5) is 13.4. The molecule has 3 rings (SSSR count). The van der Waals surface area contributed by atoms with Gasteiger partial charge in [-0.25, -0.2) is 0 Å². The fraction of sp³-hybridized carbons (Fsp3) is 0.667. The van der Waals surface area contributed by atoms with E-state index in [1.54, 1.807) is 0 Å². The minimum absolute atomic E-state index is 0.0391. The van der Waals surface area contributed by atoms with Gasteiger partial charge in [0.05, 0.1) is 6.10 Å². The van der Waals surface area contributed by atoms with Crippen LogP contribution < -0.4 is 5.32 Å². The second-order valence-electron chi connectivity index (χ2n) is 7.26. The van der Waals surface area contributed by atoms with E-state index in [2.05, 4.69) is 41.4 Å². The highest BCUT2D eigenvalue weighted by molar-refractivity contribution is 5.79. The number of aliphatic hydroxyl groups excluding tert-OH is 1. The van der Waals surface area contributed by atoms with Crippen LogP contribution in [0.1, 0.15) is 51.0 Å². The van der Waals surface area contributed by atoms with E-state index in [0.29, 0.717) is 11.7 Å². The normalized spacial score (nSPS) is 24.5. The first-order chi connectivity index (χ1) is 12.2. The van der Waals surface area contributed by atoms with Crippen molar-refractivity contribution >= 4 is 5.78 Å². The Morgan fingerprint density at radius 3 is 2.56 bits per heavy atom. The van der Waals surface area contributed by atoms with Crippen molar-refractivity contribution < 1.29 is 9.90 Å². The van der Waals surface area contributed by atoms with E-state index in [1.165, 1.54) is 24.8 Å². The van der Waals surface area contributed by atoms with Gasteiger partial charge in [0, 0.05) is 39.0 Å². The lowest BCUT2D eigenvalue weighted by Gasteiger charge is -2.28. The van der Waals surface area contributed by atoms with Crippen molar-refractivity contribution in [1.82, 2.24) is 10.2 Å². The number of nitrogens with one attached hydrogen (secondary N) is 1. The number of carbonyl (C=O) groups excluding carboxylic acids is 1. The molecule has 2 saturated heterocycles. The second-order valence-corrected chi connectivity index (χ2v) is 7.26. The number of benzene rings is 1. The minimum Gasteiger partial charge on any atom is -0.393 e. The van der Waals surface area contributed by atoms with Gasteiger partial charge in [0.25, 0.3) is 0 Å². The molecule has 2 aliphatic rings. The Balaban J connectivity index is 0.000000186. The van der Waals surface area contributed by atoms with Gasteiger partial charge in [-0.05, 0) is 30.9 Å². The van der Waals surface area contributed by atoms with Crippen molar-refractivity contribution in [1.29, 1.82) is 0 Å². The first-order valence-corrected chi connectivity index (χ1v) is 9.85. The molecular formula is C21H34N2O2. The molecule has 2 aliphatic heterocycles. The van der Waals surface area contributed by atoms with E-state index in [0.717, 1.165) is 52.0 Å². The van der Waals surface area contributed by atoms with Gasteiger partial charge in [-0.15, -0.1) is 0 Å². The zero-order valence-electron chi connectivity index (χ0n) is 15.6. The third-order valence-corrected chi connectivity index (χ3v) is 5.16. The average Bonchev–Trinajstić information content (AvgIpc) is 2.64. The number of aliphatic hydroxyl groups is 1. The molecule has 2 heterocycles. The summed E-state index contributed by atoms with van der Waals surface area (Å²) in [6.45, 7) is 7.03. The molecule has 140 valence electrons. The number of likely N-dealkylation sites (tertiary alicyclic amines) is 1. The third-order valence-electron chi connectivity index (χ3n) is 5.16. The highest BCUT2D eigenvalue weighted by Crippen LogP contribution is 2.17. The number of hydrogen-bond donors (Lipinski definition) is 2. The number of piperidine rings is 2. The van der Waals surface area contributed by atoms with Gasteiger partial charge in [0.1, 0.15) is 5.78 Å². The lowest BCUT2D eigenvalue weighted by molar-refractivity contribution is -0.121. The monoisotopic (exact) mass is 346 g/mol. The molecule has 0 bridgehead atoms. The standard InChI is InChI=1S/C12H15NO.C9H19NO/c14-12-6-8-13(9-7-12)10-11-4-2-1-3-5-11;1-2-3-4-8-7-10-6-5-9(8)11/h1-5H,6-10H2;8-11H,2-7H2,1H3. The summed E-state index contributed by atoms with van der Waals surface area (Å²) in [7, 11) is 0. The van der Waals surface area contributed by atoms with Crippen molar-refractivity contribution in [3.63, 3.8) is 0 Å². The lowest BCUT2D eigenvalue weighted by atomic mass is 9.91. The van der Waals surface area contributed by atoms with Crippen molar-refractivity contribution in [3.05, 3.63) is 35.9 Å². The fourth-order valence-corrected chi connectivity index (χ4v) is 3.47. The molecule has 2 fully saturated rings. The number of unbranched alkanes of at least 4 members (excludes halogenated alkanes) is 1. The number of hydrogen-bond acceptors (Lipinski definition) is 4. The molecule has 2 unspecified atom stereocenters. The predicted molar refractivity (Wildman–Crippen MR) is 102 cm³/mol. The van der Waals surface area contributed by atoms with Gasteiger partial charge in [0.15, 0.2) is 0 Å². The second kappa shape index (κ2) is 11.4. The van der Waals surface area contributed by atoms with Crippen LogP contribution in [0.25, 0.3) is 0 Å². The molecule has 4 nitrogen and oxygen atoms in total. The molecule has 0 saturated carbocycles. The van der Waals surface area contributed by atoms with Crippen LogP contribution in [0.5, 0.6) is 0 Å². The summed E-state index contributed by atoms with van der Waals surface area (Å²) in [6.07, 6.45) is 6.04. The number of carbonyl (C=O) groups is 1.